The monoisotopic (exact) mass is 1460 g/mol. The Morgan fingerprint density at radius 2 is 1.11 bits per heavy atom. The number of nitrogens with two attached hydrogens (primary N) is 1. The highest BCUT2D eigenvalue weighted by molar-refractivity contribution is 9.11. The van der Waals surface area contributed by atoms with Crippen LogP contribution in [0.1, 0.15) is 84.8 Å². The minimum Gasteiger partial charge on any atom is -0.489 e. The van der Waals surface area contributed by atoms with Crippen LogP contribution in [-0.4, -0.2) is 85.8 Å². The van der Waals surface area contributed by atoms with Crippen LogP contribution >= 0.6 is 31.9 Å². The molecule has 3 heterocycles. The lowest BCUT2D eigenvalue weighted by Gasteiger charge is -2.20. The quantitative estimate of drug-likeness (QED) is 0.0163. The average molecular weight is 1460 g/mol. The Balaban J connectivity index is 0.000000159. The Bertz CT molecular complexity index is 4520. The van der Waals surface area contributed by atoms with Gasteiger partial charge in [0.05, 0.1) is 66.1 Å². The number of benzene rings is 6. The van der Waals surface area contributed by atoms with Gasteiger partial charge in [-0.3, -0.25) is 54.4 Å². The molecule has 5 amide bonds. The Labute approximate surface area is 580 Å². The number of aryl methyl sites for hydroxylation is 2. The molecule has 0 spiro atoms. The van der Waals surface area contributed by atoms with Crippen LogP contribution in [0, 0.1) is 48.2 Å². The first-order valence-corrected chi connectivity index (χ1v) is 33.2. The molecule has 6 aromatic carbocycles. The van der Waals surface area contributed by atoms with Crippen LogP contribution < -0.4 is 47.0 Å². The molecule has 0 bridgehead atoms. The zero-order chi connectivity index (χ0) is 70.2. The number of anilines is 1. The molecule has 3 fully saturated rings. The topological polar surface area (TPSA) is 325 Å². The second-order valence-electron chi connectivity index (χ2n) is 24.9. The van der Waals surface area contributed by atoms with E-state index < -0.39 is 69.4 Å². The molecule has 0 radical (unpaired) electrons. The minimum absolute atomic E-state index is 0.0641. The van der Waals surface area contributed by atoms with Crippen LogP contribution in [0.25, 0.3) is 32.7 Å². The minimum atomic E-state index is -1.12. The van der Waals surface area contributed by atoms with Gasteiger partial charge in [-0.15, -0.1) is 0 Å². The van der Waals surface area contributed by atoms with Crippen molar-refractivity contribution in [3.05, 3.63) is 205 Å². The molecule has 10 N–H and O–H groups in total. The number of rotatable bonds is 23. The number of fused-ring (bicyclic) bond motifs is 3. The summed E-state index contributed by atoms with van der Waals surface area (Å²) in [4.78, 5) is 87.1. The molecule has 0 aliphatic heterocycles. The van der Waals surface area contributed by atoms with Gasteiger partial charge >= 0.3 is 5.97 Å². The molecule has 3 aromatic heterocycles. The molecule has 12 rings (SSSR count). The summed E-state index contributed by atoms with van der Waals surface area (Å²) >= 11 is 7.17. The molecule has 22 nitrogen and oxygen atoms in total. The number of esters is 1. The van der Waals surface area contributed by atoms with Crippen molar-refractivity contribution in [1.82, 2.24) is 36.7 Å². The molecule has 25 heteroatoms. The van der Waals surface area contributed by atoms with Gasteiger partial charge in [-0.2, -0.15) is 0 Å². The van der Waals surface area contributed by atoms with Crippen LogP contribution in [0.3, 0.4) is 0 Å². The van der Waals surface area contributed by atoms with Crippen LogP contribution in [0.5, 0.6) is 17.2 Å². The zero-order valence-corrected chi connectivity index (χ0v) is 57.7. The number of halogens is 3. The van der Waals surface area contributed by atoms with Gasteiger partial charge in [0.2, 0.25) is 29.5 Å². The Morgan fingerprint density at radius 3 is 1.65 bits per heavy atom. The van der Waals surface area contributed by atoms with Gasteiger partial charge in [-0.25, -0.2) is 25.8 Å². The van der Waals surface area contributed by atoms with Crippen molar-refractivity contribution >= 4 is 106 Å². The van der Waals surface area contributed by atoms with E-state index >= 15 is 0 Å². The number of hydrogen-bond donors (Lipinski definition) is 9. The highest BCUT2D eigenvalue weighted by Crippen LogP contribution is 2.58. The first-order chi connectivity index (χ1) is 47.0. The van der Waals surface area contributed by atoms with Gasteiger partial charge in [0.1, 0.15) is 37.1 Å². The highest BCUT2D eigenvalue weighted by Gasteiger charge is 2.66. The van der Waals surface area contributed by atoms with E-state index in [0.717, 1.165) is 75.3 Å². The normalized spacial score (nSPS) is 19.3. The summed E-state index contributed by atoms with van der Waals surface area (Å²) in [7, 11) is 1.77. The van der Waals surface area contributed by atoms with Crippen molar-refractivity contribution in [2.75, 3.05) is 19.0 Å². The number of aromatic nitrogens is 3. The summed E-state index contributed by atoms with van der Waals surface area (Å²) in [6, 6.07) is 44.7. The van der Waals surface area contributed by atoms with E-state index in [1.54, 1.807) is 42.5 Å². The van der Waals surface area contributed by atoms with E-state index in [2.05, 4.69) is 57.4 Å². The summed E-state index contributed by atoms with van der Waals surface area (Å²) in [6.45, 7) is 10.4. The first-order valence-electron chi connectivity index (χ1n) is 31.6. The maximum atomic E-state index is 14.7. The summed E-state index contributed by atoms with van der Waals surface area (Å²) in [5.74, 6) is -3.72. The van der Waals surface area contributed by atoms with E-state index in [-0.39, 0.29) is 43.8 Å². The molecule has 0 unspecified atom stereocenters. The largest absolute Gasteiger partial charge is 0.489 e. The zero-order valence-electron chi connectivity index (χ0n) is 54.5. The van der Waals surface area contributed by atoms with E-state index in [1.807, 2.05) is 149 Å². The number of hydrogen-bond acceptors (Lipinski definition) is 17. The number of pyridine rings is 3. The number of carbonyl (C=O) groups excluding carboxylic acids is 6. The molecule has 0 saturated heterocycles. The maximum absolute atomic E-state index is 14.7. The lowest BCUT2D eigenvalue weighted by Crippen LogP contribution is -2.41. The number of para-hydroxylation sites is 3. The standard InChI is InChI=1S/C25H24Br2N2O5.C25H27N3O4.C23H23FN4O4/c1-3-33-24(31)25(12-18(25)23(30)29-32)11-15-9-19(26)22(20(27)10-15)34-13-16-8-14(2)28-21-7-5-4-6-17(16)21;1-15(2)26-24(30)25(13-21(25)23(29)28-31)18-7-6-8-19(12-18)32-14-17-11-16(3)27-22-10-5-4-9-20(17)22;1-26-20-9-14(15-4-2-3-5-18(15)27-20)12-32-19-7-6-13(8-17(19)24)10-23(22(25)30)11-16(23)21(29)28-31/h4-10,18,32H,3,11-13H2,1-2H3,(H,29,30);4-12,15,21,31H,13-14H2,1-3H3,(H,26,30)(H,28,29);2-9,16,31H,10-12H2,1H3,(H2,25,30)(H,26,27)(H,28,29)/t18-,25+;21-,25-;16-,23+/m101/s1. The van der Waals surface area contributed by atoms with E-state index in [1.165, 1.54) is 12.1 Å². The van der Waals surface area contributed by atoms with Crippen molar-refractivity contribution in [3.8, 4) is 17.2 Å². The van der Waals surface area contributed by atoms with Crippen LogP contribution in [0.2, 0.25) is 0 Å². The van der Waals surface area contributed by atoms with Crippen molar-refractivity contribution in [3.63, 3.8) is 0 Å². The maximum Gasteiger partial charge on any atom is 0.313 e. The number of amides is 5. The SMILES string of the molecule is CCOC(=O)[C@@]1(Cc2cc(Br)c(OCc3cc(C)nc4ccccc34)c(Br)c2)C[C@@H]1C(=O)NO.CNc1cc(COc2ccc(C[C@]3(C(N)=O)C[C@@H]3C(=O)NO)cc2F)c2ccccc2n1.Cc1cc(COc2cccc([C@@]3(C(=O)NC(C)C)C[C@H]3C(=O)NO)c2)c2ccccc2n1. The lowest BCUT2D eigenvalue weighted by molar-refractivity contribution is -0.152. The molecule has 3 aliphatic carbocycles. The molecule has 98 heavy (non-hydrogen) atoms. The molecule has 510 valence electrons. The number of hydroxylamine groups is 3. The number of primary amides is 1. The second kappa shape index (κ2) is 30.4. The Hall–Kier alpha value is -9.66. The molecular weight excluding hydrogens is 1390 g/mol. The average Bonchev–Trinajstić information content (AvgIpc) is 1.56. The van der Waals surface area contributed by atoms with E-state index in [0.29, 0.717) is 60.9 Å². The van der Waals surface area contributed by atoms with Gasteiger partial charge in [-0.1, -0.05) is 72.8 Å². The number of carbonyl (C=O) groups is 6. The smallest absolute Gasteiger partial charge is 0.313 e. The van der Waals surface area contributed by atoms with Gasteiger partial charge in [-0.05, 0) is 188 Å². The predicted octanol–water partition coefficient (Wildman–Crippen LogP) is 11.2. The van der Waals surface area contributed by atoms with E-state index in [9.17, 15) is 33.2 Å². The van der Waals surface area contributed by atoms with Gasteiger partial charge in [0.15, 0.2) is 11.6 Å². The molecule has 3 aliphatic rings. The molecule has 9 aromatic rings. The van der Waals surface area contributed by atoms with Crippen LogP contribution in [0.4, 0.5) is 10.2 Å². The first kappa shape index (κ1) is 71.1. The third-order valence-electron chi connectivity index (χ3n) is 17.9. The number of nitrogens with zero attached hydrogens (tertiary/aromatic N) is 3. The summed E-state index contributed by atoms with van der Waals surface area (Å²) in [5.41, 5.74) is 16.7. The third kappa shape index (κ3) is 15.5. The fraction of sp³-hybridized carbons (Fsp3) is 0.301. The molecule has 3 saturated carbocycles. The van der Waals surface area contributed by atoms with Crippen LogP contribution in [0.15, 0.2) is 155 Å². The number of nitrogens with one attached hydrogen (secondary N) is 5. The predicted molar refractivity (Wildman–Crippen MR) is 369 cm³/mol. The third-order valence-corrected chi connectivity index (χ3v) is 19.1. The second-order valence-corrected chi connectivity index (χ2v) is 26.6. The van der Waals surface area contributed by atoms with Crippen molar-refractivity contribution in [2.45, 2.75) is 98.0 Å². The summed E-state index contributed by atoms with van der Waals surface area (Å²) in [5, 5.41) is 35.8. The summed E-state index contributed by atoms with van der Waals surface area (Å²) in [6.07, 6.45) is 1.25. The fourth-order valence-corrected chi connectivity index (χ4v) is 14.2. The fourth-order valence-electron chi connectivity index (χ4n) is 12.7. The van der Waals surface area contributed by atoms with Gasteiger partial charge in [0.25, 0.3) is 0 Å². The Kier molecular flexibility index (Phi) is 22.1. The number of ether oxygens (including phenoxy) is 4. The van der Waals surface area contributed by atoms with E-state index in [4.69, 9.17) is 40.3 Å². The van der Waals surface area contributed by atoms with Gasteiger partial charge in [0, 0.05) is 57.3 Å². The Morgan fingerprint density at radius 1 is 0.602 bits per heavy atom. The molecule has 6 atom stereocenters. The summed E-state index contributed by atoms with van der Waals surface area (Å²) < 4.78 is 39.4. The van der Waals surface area contributed by atoms with Crippen molar-refractivity contribution in [2.24, 2.45) is 34.3 Å². The molecular formula is C73H74Br2FN9O13. The van der Waals surface area contributed by atoms with Crippen molar-refractivity contribution < 1.29 is 67.7 Å². The van der Waals surface area contributed by atoms with Crippen LogP contribution in [-0.2, 0) is 71.6 Å². The van der Waals surface area contributed by atoms with Crippen molar-refractivity contribution in [1.29, 1.82) is 0 Å². The highest BCUT2D eigenvalue weighted by atomic mass is 79.9. The lowest BCUT2D eigenvalue weighted by atomic mass is 9.91. The van der Waals surface area contributed by atoms with Gasteiger partial charge < -0.3 is 35.3 Å².